The van der Waals surface area contributed by atoms with Crippen molar-refractivity contribution in [1.29, 1.82) is 0 Å². The molecule has 0 aliphatic heterocycles. The number of rotatable bonds is 4. The van der Waals surface area contributed by atoms with E-state index >= 15 is 0 Å². The number of nitrogens with zero attached hydrogens (tertiary/aromatic N) is 1. The molecule has 0 aliphatic carbocycles. The van der Waals surface area contributed by atoms with E-state index in [1.54, 1.807) is 11.4 Å². The zero-order valence-corrected chi connectivity index (χ0v) is 12.4. The Morgan fingerprint density at radius 2 is 2.12 bits per heavy atom. The number of thiophene rings is 1. The maximum Gasteiger partial charge on any atom is 0.406 e. The van der Waals surface area contributed by atoms with Crippen molar-refractivity contribution in [2.24, 2.45) is 0 Å². The molecule has 1 amide bonds. The van der Waals surface area contributed by atoms with Crippen molar-refractivity contribution in [2.75, 3.05) is 18.4 Å². The first-order valence-corrected chi connectivity index (χ1v) is 7.29. The molecular weight excluding hydrogens is 387 g/mol. The Kier molecular flexibility index (Phi) is 5.46. The number of hydrogen-bond acceptors (Lipinski definition) is 2. The van der Waals surface area contributed by atoms with E-state index < -0.39 is 18.6 Å². The third-order valence-corrected chi connectivity index (χ3v) is 4.00. The summed E-state index contributed by atoms with van der Waals surface area (Å²) in [4.78, 5) is 13.0. The largest absolute Gasteiger partial charge is 0.406 e. The quantitative estimate of drug-likeness (QED) is 0.709. The van der Waals surface area contributed by atoms with Crippen molar-refractivity contribution < 1.29 is 18.0 Å². The van der Waals surface area contributed by atoms with Gasteiger partial charge in [-0.1, -0.05) is 15.9 Å². The first kappa shape index (κ1) is 15.0. The molecule has 0 spiro atoms. The summed E-state index contributed by atoms with van der Waals surface area (Å²) >= 11 is 7.29. The van der Waals surface area contributed by atoms with Crippen molar-refractivity contribution in [3.8, 4) is 0 Å². The van der Waals surface area contributed by atoms with Gasteiger partial charge in [0.25, 0.3) is 5.91 Å². The minimum atomic E-state index is -4.39. The highest BCUT2D eigenvalue weighted by molar-refractivity contribution is 9.10. The van der Waals surface area contributed by atoms with Gasteiger partial charge in [-0.05, 0) is 27.4 Å². The molecule has 96 valence electrons. The summed E-state index contributed by atoms with van der Waals surface area (Å²) in [5.74, 6) is -0.608. The summed E-state index contributed by atoms with van der Waals surface area (Å²) in [6.07, 6.45) is -4.39. The second-order valence-corrected chi connectivity index (χ2v) is 5.69. The van der Waals surface area contributed by atoms with E-state index in [0.717, 1.165) is 16.2 Å². The molecule has 0 fully saturated rings. The molecule has 8 heteroatoms. The van der Waals surface area contributed by atoms with Gasteiger partial charge in [-0.15, -0.1) is 11.3 Å². The monoisotopic (exact) mass is 393 g/mol. The number of halogens is 5. The molecule has 0 unspecified atom stereocenters. The zero-order chi connectivity index (χ0) is 13.1. The van der Waals surface area contributed by atoms with Crippen LogP contribution in [0.5, 0.6) is 0 Å². The Morgan fingerprint density at radius 3 is 2.53 bits per heavy atom. The summed E-state index contributed by atoms with van der Waals surface area (Å²) in [5.41, 5.74) is 0. The van der Waals surface area contributed by atoms with Crippen LogP contribution in [0.3, 0.4) is 0 Å². The predicted octanol–water partition coefficient (Wildman–Crippen LogP) is 3.91. The van der Waals surface area contributed by atoms with Crippen LogP contribution in [0.4, 0.5) is 13.2 Å². The Labute approximate surface area is 117 Å². The molecule has 1 heterocycles. The van der Waals surface area contributed by atoms with Crippen LogP contribution in [0, 0.1) is 0 Å². The molecule has 0 radical (unpaired) electrons. The third kappa shape index (κ3) is 4.59. The van der Waals surface area contributed by atoms with Gasteiger partial charge < -0.3 is 4.90 Å². The van der Waals surface area contributed by atoms with E-state index in [2.05, 4.69) is 31.9 Å². The van der Waals surface area contributed by atoms with Gasteiger partial charge in [-0.25, -0.2) is 0 Å². The predicted molar refractivity (Wildman–Crippen MR) is 67.8 cm³/mol. The van der Waals surface area contributed by atoms with Crippen LogP contribution >= 0.6 is 43.2 Å². The SMILES string of the molecule is O=C(c1sccc1Br)N(CCBr)CC(F)(F)F. The molecule has 2 nitrogen and oxygen atoms in total. The lowest BCUT2D eigenvalue weighted by Gasteiger charge is -2.22. The van der Waals surface area contributed by atoms with Gasteiger partial charge >= 0.3 is 6.18 Å². The Balaban J connectivity index is 2.84. The van der Waals surface area contributed by atoms with Gasteiger partial charge in [0.05, 0.1) is 0 Å². The van der Waals surface area contributed by atoms with E-state index in [1.807, 2.05) is 0 Å². The van der Waals surface area contributed by atoms with Gasteiger partial charge in [0.1, 0.15) is 11.4 Å². The lowest BCUT2D eigenvalue weighted by Crippen LogP contribution is -2.39. The number of amides is 1. The normalized spacial score (nSPS) is 11.6. The maximum absolute atomic E-state index is 12.3. The van der Waals surface area contributed by atoms with Crippen LogP contribution in [0.2, 0.25) is 0 Å². The molecule has 0 N–H and O–H groups in total. The van der Waals surface area contributed by atoms with Crippen molar-refractivity contribution in [1.82, 2.24) is 4.90 Å². The lowest BCUT2D eigenvalue weighted by atomic mass is 10.3. The number of carbonyl (C=O) groups excluding carboxylic acids is 1. The van der Waals surface area contributed by atoms with Crippen LogP contribution < -0.4 is 0 Å². The fraction of sp³-hybridized carbons (Fsp3) is 0.444. The molecule has 1 aromatic heterocycles. The standard InChI is InChI=1S/C9H8Br2F3NOS/c10-2-3-15(5-9(12,13)14)8(16)7-6(11)1-4-17-7/h1,4H,2-3,5H2. The van der Waals surface area contributed by atoms with Gasteiger partial charge in [-0.2, -0.15) is 13.2 Å². The Hall–Kier alpha value is -0.0800. The van der Waals surface area contributed by atoms with Crippen LogP contribution in [-0.4, -0.2) is 35.4 Å². The fourth-order valence-electron chi connectivity index (χ4n) is 1.16. The minimum Gasteiger partial charge on any atom is -0.328 e. The average Bonchev–Trinajstić information content (AvgIpc) is 2.61. The van der Waals surface area contributed by atoms with Crippen molar-refractivity contribution >= 4 is 49.1 Å². The molecule has 1 rings (SSSR count). The summed E-state index contributed by atoms with van der Waals surface area (Å²) in [6, 6.07) is 1.64. The van der Waals surface area contributed by atoms with Crippen LogP contribution in [0.15, 0.2) is 15.9 Å². The van der Waals surface area contributed by atoms with Crippen molar-refractivity contribution in [2.45, 2.75) is 6.18 Å². The number of carbonyl (C=O) groups is 1. The van der Waals surface area contributed by atoms with Crippen LogP contribution in [0.1, 0.15) is 9.67 Å². The lowest BCUT2D eigenvalue weighted by molar-refractivity contribution is -0.140. The summed E-state index contributed by atoms with van der Waals surface area (Å²) in [7, 11) is 0. The summed E-state index contributed by atoms with van der Waals surface area (Å²) in [6.45, 7) is -1.22. The van der Waals surface area contributed by atoms with E-state index in [1.165, 1.54) is 0 Å². The highest BCUT2D eigenvalue weighted by atomic mass is 79.9. The summed E-state index contributed by atoms with van der Waals surface area (Å²) in [5, 5.41) is 1.95. The van der Waals surface area contributed by atoms with Gasteiger partial charge in [0.2, 0.25) is 0 Å². The smallest absolute Gasteiger partial charge is 0.328 e. The van der Waals surface area contributed by atoms with E-state index in [-0.39, 0.29) is 11.4 Å². The first-order valence-electron chi connectivity index (χ1n) is 4.50. The zero-order valence-electron chi connectivity index (χ0n) is 8.43. The van der Waals surface area contributed by atoms with E-state index in [9.17, 15) is 18.0 Å². The van der Waals surface area contributed by atoms with Gasteiger partial charge in [0.15, 0.2) is 0 Å². The second-order valence-electron chi connectivity index (χ2n) is 3.13. The molecule has 0 bridgehead atoms. The Bertz CT molecular complexity index is 394. The van der Waals surface area contributed by atoms with E-state index in [0.29, 0.717) is 9.80 Å². The molecule has 0 aliphatic rings. The van der Waals surface area contributed by atoms with Crippen LogP contribution in [-0.2, 0) is 0 Å². The first-order chi connectivity index (χ1) is 7.85. The topological polar surface area (TPSA) is 20.3 Å². The van der Waals surface area contributed by atoms with Gasteiger partial charge in [-0.3, -0.25) is 4.79 Å². The highest BCUT2D eigenvalue weighted by Gasteiger charge is 2.33. The average molecular weight is 395 g/mol. The molecule has 1 aromatic rings. The molecule has 0 saturated heterocycles. The molecule has 0 saturated carbocycles. The molecular formula is C9H8Br2F3NOS. The second kappa shape index (κ2) is 6.19. The third-order valence-electron chi connectivity index (χ3n) is 1.82. The minimum absolute atomic E-state index is 0.0166. The van der Waals surface area contributed by atoms with Crippen molar-refractivity contribution in [3.63, 3.8) is 0 Å². The van der Waals surface area contributed by atoms with E-state index in [4.69, 9.17) is 0 Å². The molecule has 0 atom stereocenters. The molecule has 0 aromatic carbocycles. The van der Waals surface area contributed by atoms with Crippen molar-refractivity contribution in [3.05, 3.63) is 20.8 Å². The number of hydrogen-bond donors (Lipinski definition) is 0. The number of alkyl halides is 4. The van der Waals surface area contributed by atoms with Crippen LogP contribution in [0.25, 0.3) is 0 Å². The summed E-state index contributed by atoms with van der Waals surface area (Å²) < 4.78 is 37.5. The molecule has 17 heavy (non-hydrogen) atoms. The Morgan fingerprint density at radius 1 is 1.47 bits per heavy atom. The fourth-order valence-corrected chi connectivity index (χ4v) is 3.10. The van der Waals surface area contributed by atoms with Gasteiger partial charge in [0, 0.05) is 16.3 Å². The highest BCUT2D eigenvalue weighted by Crippen LogP contribution is 2.26. The maximum atomic E-state index is 12.3.